The van der Waals surface area contributed by atoms with Gasteiger partial charge in [0.2, 0.25) is 0 Å². The number of fused-ring (bicyclic) bond motifs is 1. The summed E-state index contributed by atoms with van der Waals surface area (Å²) >= 11 is 6.06. The van der Waals surface area contributed by atoms with E-state index in [1.807, 2.05) is 30.0 Å². The average molecular weight is 374 g/mol. The minimum absolute atomic E-state index is 0.105. The number of hydrogen-bond donors (Lipinski definition) is 2. The fourth-order valence-electron chi connectivity index (χ4n) is 3.31. The summed E-state index contributed by atoms with van der Waals surface area (Å²) in [6, 6.07) is 5.27. The third kappa shape index (κ3) is 3.01. The lowest BCUT2D eigenvalue weighted by atomic mass is 10.0. The quantitative estimate of drug-likeness (QED) is 0.720. The van der Waals surface area contributed by atoms with Gasteiger partial charge in [0.1, 0.15) is 5.82 Å². The number of halogens is 1. The van der Waals surface area contributed by atoms with Gasteiger partial charge in [-0.25, -0.2) is 9.78 Å². The molecule has 1 aromatic carbocycles. The van der Waals surface area contributed by atoms with Gasteiger partial charge in [-0.15, -0.1) is 5.10 Å². The summed E-state index contributed by atoms with van der Waals surface area (Å²) in [5, 5.41) is 11.5. The number of amides is 2. The van der Waals surface area contributed by atoms with Crippen molar-refractivity contribution in [1.29, 1.82) is 0 Å². The van der Waals surface area contributed by atoms with Crippen molar-refractivity contribution in [2.24, 2.45) is 7.05 Å². The maximum Gasteiger partial charge on any atom is 0.323 e. The minimum Gasteiger partial charge on any atom is -0.340 e. The Bertz CT molecular complexity index is 963. The van der Waals surface area contributed by atoms with E-state index in [1.54, 1.807) is 11.7 Å². The molecule has 2 amide bonds. The third-order valence-electron chi connectivity index (χ3n) is 4.88. The maximum atomic E-state index is 12.9. The monoisotopic (exact) mass is 373 g/mol. The summed E-state index contributed by atoms with van der Waals surface area (Å²) in [6.07, 6.45) is 2.88. The van der Waals surface area contributed by atoms with E-state index in [4.69, 9.17) is 11.6 Å². The lowest BCUT2D eigenvalue weighted by Gasteiger charge is -2.34. The van der Waals surface area contributed by atoms with E-state index < -0.39 is 0 Å². The van der Waals surface area contributed by atoms with Gasteiger partial charge in [0.05, 0.1) is 22.8 Å². The second-order valence-corrected chi connectivity index (χ2v) is 7.00. The molecule has 3 heterocycles. The maximum absolute atomic E-state index is 12.9. The van der Waals surface area contributed by atoms with Gasteiger partial charge in [0.15, 0.2) is 5.82 Å². The molecule has 1 saturated heterocycles. The van der Waals surface area contributed by atoms with Crippen molar-refractivity contribution in [2.75, 3.05) is 11.9 Å². The number of benzene rings is 1. The smallest absolute Gasteiger partial charge is 0.323 e. The Morgan fingerprint density at radius 3 is 3.00 bits per heavy atom. The van der Waals surface area contributed by atoms with Crippen LogP contribution in [0.15, 0.2) is 18.2 Å². The average Bonchev–Trinajstić information content (AvgIpc) is 3.19. The largest absolute Gasteiger partial charge is 0.340 e. The van der Waals surface area contributed by atoms with Crippen LogP contribution in [0, 0.1) is 6.92 Å². The normalized spacial score (nSPS) is 17.7. The topological polar surface area (TPSA) is 91.7 Å². The van der Waals surface area contributed by atoms with E-state index in [1.165, 1.54) is 0 Å². The number of imidazole rings is 1. The van der Waals surface area contributed by atoms with Gasteiger partial charge in [-0.1, -0.05) is 16.8 Å². The van der Waals surface area contributed by atoms with Gasteiger partial charge in [-0.2, -0.15) is 0 Å². The zero-order chi connectivity index (χ0) is 18.3. The standard InChI is InChI=1S/C17H20ClN7O/c1-10-15(22-23-24(10)2)21-17(26)25-8-4-3-5-14(25)16-19-12-7-6-11(18)9-13(12)20-16/h6-7,9,14H,3-5,8H2,1-2H3,(H,19,20)(H,21,26). The van der Waals surface area contributed by atoms with Crippen LogP contribution in [0.1, 0.15) is 36.8 Å². The summed E-state index contributed by atoms with van der Waals surface area (Å²) in [5.74, 6) is 1.27. The number of urea groups is 1. The van der Waals surface area contributed by atoms with Gasteiger partial charge in [0, 0.05) is 18.6 Å². The molecule has 26 heavy (non-hydrogen) atoms. The van der Waals surface area contributed by atoms with Crippen molar-refractivity contribution in [3.63, 3.8) is 0 Å². The molecule has 0 radical (unpaired) electrons. The summed E-state index contributed by atoms with van der Waals surface area (Å²) in [7, 11) is 1.79. The Balaban J connectivity index is 1.60. The third-order valence-corrected chi connectivity index (χ3v) is 5.11. The van der Waals surface area contributed by atoms with Crippen LogP contribution in [0.5, 0.6) is 0 Å². The van der Waals surface area contributed by atoms with Crippen molar-refractivity contribution in [3.8, 4) is 0 Å². The molecule has 1 atom stereocenters. The number of nitrogens with zero attached hydrogens (tertiary/aromatic N) is 5. The Hall–Kier alpha value is -2.61. The molecule has 0 spiro atoms. The molecule has 0 aliphatic carbocycles. The molecule has 2 aromatic heterocycles. The van der Waals surface area contributed by atoms with Crippen LogP contribution >= 0.6 is 11.6 Å². The molecule has 136 valence electrons. The fourth-order valence-corrected chi connectivity index (χ4v) is 3.47. The molecule has 1 fully saturated rings. The van der Waals surface area contributed by atoms with Crippen LogP contribution in [0.25, 0.3) is 11.0 Å². The molecule has 0 saturated carbocycles. The number of likely N-dealkylation sites (tertiary alicyclic amines) is 1. The molecular weight excluding hydrogens is 354 g/mol. The highest BCUT2D eigenvalue weighted by atomic mass is 35.5. The van der Waals surface area contributed by atoms with Crippen LogP contribution < -0.4 is 5.32 Å². The molecule has 9 heteroatoms. The molecule has 1 aliphatic rings. The second-order valence-electron chi connectivity index (χ2n) is 6.57. The highest BCUT2D eigenvalue weighted by Crippen LogP contribution is 2.31. The van der Waals surface area contributed by atoms with Crippen molar-refractivity contribution in [2.45, 2.75) is 32.2 Å². The SMILES string of the molecule is Cc1c(NC(=O)N2CCCCC2c2nc3cc(Cl)ccc3[nH]2)nnn1C. The zero-order valence-electron chi connectivity index (χ0n) is 14.7. The van der Waals surface area contributed by atoms with Crippen LogP contribution in [-0.4, -0.2) is 42.4 Å². The number of piperidine rings is 1. The number of carbonyl (C=O) groups is 1. The summed E-state index contributed by atoms with van der Waals surface area (Å²) in [5.41, 5.74) is 2.54. The van der Waals surface area contributed by atoms with Gasteiger partial charge < -0.3 is 9.88 Å². The first-order valence-corrected chi connectivity index (χ1v) is 9.00. The summed E-state index contributed by atoms with van der Waals surface area (Å²) in [4.78, 5) is 22.7. The Labute approximate surface area is 155 Å². The van der Waals surface area contributed by atoms with Crippen LogP contribution in [0.3, 0.4) is 0 Å². The van der Waals surface area contributed by atoms with E-state index in [0.29, 0.717) is 17.4 Å². The predicted molar refractivity (Wildman–Crippen MR) is 99.2 cm³/mol. The van der Waals surface area contributed by atoms with E-state index >= 15 is 0 Å². The summed E-state index contributed by atoms with van der Waals surface area (Å²) < 4.78 is 1.63. The Morgan fingerprint density at radius 1 is 1.38 bits per heavy atom. The highest BCUT2D eigenvalue weighted by Gasteiger charge is 2.31. The van der Waals surface area contributed by atoms with Gasteiger partial charge in [0.25, 0.3) is 0 Å². The molecule has 3 aromatic rings. The second kappa shape index (κ2) is 6.60. The van der Waals surface area contributed by atoms with Crippen molar-refractivity contribution in [1.82, 2.24) is 29.9 Å². The van der Waals surface area contributed by atoms with Crippen molar-refractivity contribution >= 4 is 34.5 Å². The predicted octanol–water partition coefficient (Wildman–Crippen LogP) is 3.41. The van der Waals surface area contributed by atoms with E-state index in [9.17, 15) is 4.79 Å². The fraction of sp³-hybridized carbons (Fsp3) is 0.412. The van der Waals surface area contributed by atoms with E-state index in [2.05, 4.69) is 25.6 Å². The Kier molecular flexibility index (Phi) is 4.28. The van der Waals surface area contributed by atoms with Crippen LogP contribution in [0.2, 0.25) is 5.02 Å². The molecular formula is C17H20ClN7O. The van der Waals surface area contributed by atoms with Gasteiger partial charge in [-0.3, -0.25) is 10.00 Å². The van der Waals surface area contributed by atoms with E-state index in [-0.39, 0.29) is 12.1 Å². The van der Waals surface area contributed by atoms with Crippen molar-refractivity contribution in [3.05, 3.63) is 34.7 Å². The number of carbonyl (C=O) groups excluding carboxylic acids is 1. The summed E-state index contributed by atoms with van der Waals surface area (Å²) in [6.45, 7) is 2.54. The first kappa shape index (κ1) is 16.8. The number of aromatic amines is 1. The van der Waals surface area contributed by atoms with Crippen molar-refractivity contribution < 1.29 is 4.79 Å². The number of H-pyrrole nitrogens is 1. The number of nitrogens with one attached hydrogen (secondary N) is 2. The molecule has 8 nitrogen and oxygen atoms in total. The first-order valence-electron chi connectivity index (χ1n) is 8.62. The van der Waals surface area contributed by atoms with Gasteiger partial charge in [-0.05, 0) is 44.4 Å². The zero-order valence-corrected chi connectivity index (χ0v) is 15.4. The number of rotatable bonds is 2. The highest BCUT2D eigenvalue weighted by molar-refractivity contribution is 6.31. The lowest BCUT2D eigenvalue weighted by Crippen LogP contribution is -2.41. The molecule has 1 unspecified atom stereocenters. The van der Waals surface area contributed by atoms with Crippen LogP contribution in [-0.2, 0) is 7.05 Å². The number of aromatic nitrogens is 5. The van der Waals surface area contributed by atoms with E-state index in [0.717, 1.165) is 41.8 Å². The molecule has 2 N–H and O–H groups in total. The molecule has 0 bridgehead atoms. The van der Waals surface area contributed by atoms with Crippen LogP contribution in [0.4, 0.5) is 10.6 Å². The minimum atomic E-state index is -0.184. The Morgan fingerprint density at radius 2 is 2.23 bits per heavy atom. The van der Waals surface area contributed by atoms with Gasteiger partial charge >= 0.3 is 6.03 Å². The number of hydrogen-bond acceptors (Lipinski definition) is 4. The first-order chi connectivity index (χ1) is 12.5. The molecule has 1 aliphatic heterocycles. The number of anilines is 1. The lowest BCUT2D eigenvalue weighted by molar-refractivity contribution is 0.160. The molecule has 4 rings (SSSR count). The number of aryl methyl sites for hydroxylation is 1.